The zero-order chi connectivity index (χ0) is 13.9. The lowest BCUT2D eigenvalue weighted by atomic mass is 10.1. The normalized spacial score (nSPS) is 18.4. The number of carbonyl (C=O) groups is 1. The summed E-state index contributed by atoms with van der Waals surface area (Å²) in [6.07, 6.45) is 4.02. The van der Waals surface area contributed by atoms with Crippen molar-refractivity contribution in [3.63, 3.8) is 0 Å². The van der Waals surface area contributed by atoms with Crippen LogP contribution in [0.15, 0.2) is 42.6 Å². The second-order valence-electron chi connectivity index (χ2n) is 5.11. The van der Waals surface area contributed by atoms with Crippen LogP contribution in [0.4, 0.5) is 0 Å². The van der Waals surface area contributed by atoms with Crippen LogP contribution in [0.5, 0.6) is 0 Å². The molecule has 0 bridgehead atoms. The van der Waals surface area contributed by atoms with Crippen LogP contribution < -0.4 is 0 Å². The molecule has 1 aliphatic rings. The third-order valence-corrected chi connectivity index (χ3v) is 4.50. The summed E-state index contributed by atoms with van der Waals surface area (Å²) in [6.45, 7) is 0.836. The van der Waals surface area contributed by atoms with E-state index < -0.39 is 0 Å². The highest BCUT2D eigenvalue weighted by Crippen LogP contribution is 2.32. The van der Waals surface area contributed by atoms with Gasteiger partial charge in [-0.2, -0.15) is 0 Å². The number of nitrogens with zero attached hydrogens (tertiary/aromatic N) is 1. The summed E-state index contributed by atoms with van der Waals surface area (Å²) in [5.41, 5.74) is 3.09. The third-order valence-electron chi connectivity index (χ3n) is 3.85. The summed E-state index contributed by atoms with van der Waals surface area (Å²) in [7, 11) is 0. The number of H-pyrrole nitrogens is 1. The molecule has 0 radical (unpaired) electrons. The van der Waals surface area contributed by atoms with Gasteiger partial charge < -0.3 is 9.88 Å². The fourth-order valence-corrected chi connectivity index (χ4v) is 3.16. The number of alkyl halides is 1. The van der Waals surface area contributed by atoms with Crippen molar-refractivity contribution in [2.45, 2.75) is 24.2 Å². The molecule has 3 nitrogen and oxygen atoms in total. The molecule has 1 saturated heterocycles. The number of hydrogen-bond donors (Lipinski definition) is 1. The molecule has 3 rings (SSSR count). The molecule has 0 saturated carbocycles. The van der Waals surface area contributed by atoms with Gasteiger partial charge in [0.25, 0.3) is 5.91 Å². The van der Waals surface area contributed by atoms with Gasteiger partial charge >= 0.3 is 0 Å². The first-order chi connectivity index (χ1) is 9.79. The minimum absolute atomic E-state index is 0.128. The zero-order valence-electron chi connectivity index (χ0n) is 11.2. The second-order valence-corrected chi connectivity index (χ2v) is 5.67. The van der Waals surface area contributed by atoms with Crippen LogP contribution in [0, 0.1) is 0 Å². The predicted octanol–water partition coefficient (Wildman–Crippen LogP) is 3.89. The van der Waals surface area contributed by atoms with Gasteiger partial charge in [-0.05, 0) is 42.7 Å². The van der Waals surface area contributed by atoms with Crippen LogP contribution in [-0.2, 0) is 5.33 Å². The van der Waals surface area contributed by atoms with E-state index in [-0.39, 0.29) is 11.9 Å². The average Bonchev–Trinajstić information content (AvgIpc) is 3.16. The van der Waals surface area contributed by atoms with E-state index in [1.807, 2.05) is 41.4 Å². The number of halogens is 1. The standard InChI is InChI=1S/C16H17BrN2O/c17-11-12-5-7-13(8-6-12)16(20)19-10-2-4-15(19)14-3-1-9-18-14/h1,3,5-9,15,18H,2,4,10-11H2. The maximum absolute atomic E-state index is 12.7. The summed E-state index contributed by atoms with van der Waals surface area (Å²) in [4.78, 5) is 17.9. The molecule has 1 aromatic heterocycles. The van der Waals surface area contributed by atoms with Gasteiger partial charge in [-0.25, -0.2) is 0 Å². The van der Waals surface area contributed by atoms with Crippen molar-refractivity contribution in [1.82, 2.24) is 9.88 Å². The Hall–Kier alpha value is -1.55. The minimum atomic E-state index is 0.128. The molecule has 1 fully saturated rings. The molecule has 0 aliphatic carbocycles. The van der Waals surface area contributed by atoms with Gasteiger partial charge in [-0.1, -0.05) is 28.1 Å². The number of aromatic amines is 1. The van der Waals surface area contributed by atoms with Crippen molar-refractivity contribution in [3.05, 3.63) is 59.4 Å². The van der Waals surface area contributed by atoms with Crippen molar-refractivity contribution in [2.75, 3.05) is 6.54 Å². The smallest absolute Gasteiger partial charge is 0.254 e. The van der Waals surface area contributed by atoms with Gasteiger partial charge in [0.05, 0.1) is 6.04 Å². The van der Waals surface area contributed by atoms with Gasteiger partial charge in [0.2, 0.25) is 0 Å². The highest BCUT2D eigenvalue weighted by atomic mass is 79.9. The third kappa shape index (κ3) is 2.52. The van der Waals surface area contributed by atoms with Crippen LogP contribution in [-0.4, -0.2) is 22.3 Å². The number of carbonyl (C=O) groups excluding carboxylic acids is 1. The first-order valence-electron chi connectivity index (χ1n) is 6.89. The van der Waals surface area contributed by atoms with Crippen LogP contribution in [0.1, 0.15) is 40.5 Å². The van der Waals surface area contributed by atoms with E-state index in [2.05, 4.69) is 27.0 Å². The summed E-state index contributed by atoms with van der Waals surface area (Å²) in [5.74, 6) is 0.128. The Morgan fingerprint density at radius 1 is 1.30 bits per heavy atom. The number of rotatable bonds is 3. The van der Waals surface area contributed by atoms with Crippen molar-refractivity contribution in [3.8, 4) is 0 Å². The molecule has 1 atom stereocenters. The number of benzene rings is 1. The SMILES string of the molecule is O=C(c1ccc(CBr)cc1)N1CCCC1c1ccc[nH]1. The van der Waals surface area contributed by atoms with E-state index in [1.165, 1.54) is 5.56 Å². The van der Waals surface area contributed by atoms with Crippen molar-refractivity contribution >= 4 is 21.8 Å². The molecule has 1 aliphatic heterocycles. The number of hydrogen-bond acceptors (Lipinski definition) is 1. The summed E-state index contributed by atoms with van der Waals surface area (Å²) < 4.78 is 0. The molecule has 0 spiro atoms. The number of amides is 1. The lowest BCUT2D eigenvalue weighted by Gasteiger charge is -2.24. The van der Waals surface area contributed by atoms with E-state index in [4.69, 9.17) is 0 Å². The van der Waals surface area contributed by atoms with E-state index >= 15 is 0 Å². The molecule has 20 heavy (non-hydrogen) atoms. The van der Waals surface area contributed by atoms with Gasteiger partial charge in [0, 0.05) is 29.3 Å². The molecule has 1 N–H and O–H groups in total. The highest BCUT2D eigenvalue weighted by molar-refractivity contribution is 9.08. The quantitative estimate of drug-likeness (QED) is 0.850. The van der Waals surface area contributed by atoms with Crippen LogP contribution in [0.2, 0.25) is 0 Å². The fourth-order valence-electron chi connectivity index (χ4n) is 2.79. The Bertz CT molecular complexity index is 577. The van der Waals surface area contributed by atoms with Crippen LogP contribution in [0.25, 0.3) is 0 Å². The molecule has 1 unspecified atom stereocenters. The predicted molar refractivity (Wildman–Crippen MR) is 82.9 cm³/mol. The van der Waals surface area contributed by atoms with Gasteiger partial charge in [-0.3, -0.25) is 4.79 Å². The van der Waals surface area contributed by atoms with E-state index in [9.17, 15) is 4.79 Å². The Labute approximate surface area is 127 Å². The number of nitrogens with one attached hydrogen (secondary N) is 1. The second kappa shape index (κ2) is 5.83. The van der Waals surface area contributed by atoms with Crippen molar-refractivity contribution < 1.29 is 4.79 Å². The summed E-state index contributed by atoms with van der Waals surface area (Å²) in [6, 6.07) is 12.1. The maximum Gasteiger partial charge on any atom is 0.254 e. The molecule has 2 heterocycles. The lowest BCUT2D eigenvalue weighted by molar-refractivity contribution is 0.0733. The molecule has 1 aromatic carbocycles. The Morgan fingerprint density at radius 3 is 2.75 bits per heavy atom. The Balaban J connectivity index is 1.81. The van der Waals surface area contributed by atoms with Crippen molar-refractivity contribution in [2.24, 2.45) is 0 Å². The van der Waals surface area contributed by atoms with E-state index in [0.29, 0.717) is 0 Å². The number of likely N-dealkylation sites (tertiary alicyclic amines) is 1. The fraction of sp³-hybridized carbons (Fsp3) is 0.312. The number of aromatic nitrogens is 1. The Kier molecular flexibility index (Phi) is 3.92. The molecule has 1 amide bonds. The van der Waals surface area contributed by atoms with Crippen LogP contribution in [0.3, 0.4) is 0 Å². The van der Waals surface area contributed by atoms with Gasteiger partial charge in [0.15, 0.2) is 0 Å². The molecule has 104 valence electrons. The van der Waals surface area contributed by atoms with E-state index in [0.717, 1.165) is 36.0 Å². The summed E-state index contributed by atoms with van der Waals surface area (Å²) in [5, 5.41) is 0.816. The topological polar surface area (TPSA) is 36.1 Å². The van der Waals surface area contributed by atoms with Crippen LogP contribution >= 0.6 is 15.9 Å². The minimum Gasteiger partial charge on any atom is -0.363 e. The highest BCUT2D eigenvalue weighted by Gasteiger charge is 2.30. The summed E-state index contributed by atoms with van der Waals surface area (Å²) >= 11 is 3.42. The largest absolute Gasteiger partial charge is 0.363 e. The zero-order valence-corrected chi connectivity index (χ0v) is 12.8. The maximum atomic E-state index is 12.7. The Morgan fingerprint density at radius 2 is 2.10 bits per heavy atom. The van der Waals surface area contributed by atoms with Gasteiger partial charge in [0.1, 0.15) is 0 Å². The first-order valence-corrected chi connectivity index (χ1v) is 8.01. The van der Waals surface area contributed by atoms with E-state index in [1.54, 1.807) is 0 Å². The molecular weight excluding hydrogens is 316 g/mol. The molecular formula is C16H17BrN2O. The van der Waals surface area contributed by atoms with Gasteiger partial charge in [-0.15, -0.1) is 0 Å². The first kappa shape index (κ1) is 13.4. The monoisotopic (exact) mass is 332 g/mol. The molecule has 4 heteroatoms. The lowest BCUT2D eigenvalue weighted by Crippen LogP contribution is -2.30. The van der Waals surface area contributed by atoms with Crippen molar-refractivity contribution in [1.29, 1.82) is 0 Å². The average molecular weight is 333 g/mol. The molecule has 2 aromatic rings.